The second kappa shape index (κ2) is 9.87. The van der Waals surface area contributed by atoms with E-state index in [1.165, 1.54) is 24.6 Å². The lowest BCUT2D eigenvalue weighted by molar-refractivity contribution is -0.119. The molecule has 2 heterocycles. The molecule has 1 saturated heterocycles. The van der Waals surface area contributed by atoms with Crippen LogP contribution in [0.4, 0.5) is 0 Å². The van der Waals surface area contributed by atoms with E-state index >= 15 is 0 Å². The summed E-state index contributed by atoms with van der Waals surface area (Å²) in [6, 6.07) is 0.220. The van der Waals surface area contributed by atoms with Crippen molar-refractivity contribution in [2.24, 2.45) is 0 Å². The van der Waals surface area contributed by atoms with Crippen LogP contribution in [0.3, 0.4) is 0 Å². The summed E-state index contributed by atoms with van der Waals surface area (Å²) in [5.74, 6) is 0.370. The molecule has 1 aliphatic heterocycles. The van der Waals surface area contributed by atoms with Crippen molar-refractivity contribution in [3.63, 3.8) is 0 Å². The highest BCUT2D eigenvalue weighted by atomic mass is 32.2. The minimum Gasteiger partial charge on any atom is -0.376 e. The average Bonchev–Trinajstić information content (AvgIpc) is 3.18. The van der Waals surface area contributed by atoms with Gasteiger partial charge >= 0.3 is 0 Å². The smallest absolute Gasteiger partial charge is 0.230 e. The summed E-state index contributed by atoms with van der Waals surface area (Å²) in [4.78, 5) is 12.0. The fraction of sp³-hybridized carbons (Fsp3) is 0.867. The summed E-state index contributed by atoms with van der Waals surface area (Å²) in [7, 11) is 0. The van der Waals surface area contributed by atoms with Gasteiger partial charge in [-0.25, -0.2) is 4.68 Å². The number of thioether (sulfide) groups is 1. The van der Waals surface area contributed by atoms with Gasteiger partial charge in [0.25, 0.3) is 0 Å². The Kier molecular flexibility index (Phi) is 7.81. The monoisotopic (exact) mass is 341 g/mol. The molecule has 2 rings (SSSR count). The number of unbranched alkanes of at least 4 members (excludes halogenated alkanes) is 2. The highest BCUT2D eigenvalue weighted by Gasteiger charge is 2.19. The number of carbonyl (C=O) groups is 1. The van der Waals surface area contributed by atoms with Gasteiger partial charge in [0, 0.05) is 12.6 Å². The SMILES string of the molecule is CCCCCC(C)NC(=O)CSc1nnnn1CC1CCCO1. The largest absolute Gasteiger partial charge is 0.376 e. The molecule has 1 aromatic heterocycles. The highest BCUT2D eigenvalue weighted by molar-refractivity contribution is 7.99. The van der Waals surface area contributed by atoms with Crippen LogP contribution in [0.2, 0.25) is 0 Å². The van der Waals surface area contributed by atoms with Crippen molar-refractivity contribution < 1.29 is 9.53 Å². The Hall–Kier alpha value is -1.15. The van der Waals surface area contributed by atoms with Gasteiger partial charge in [0.1, 0.15) is 0 Å². The number of rotatable bonds is 10. The lowest BCUT2D eigenvalue weighted by Crippen LogP contribution is -2.33. The normalized spacial score (nSPS) is 19.0. The molecule has 2 unspecified atom stereocenters. The molecule has 1 N–H and O–H groups in total. The fourth-order valence-corrected chi connectivity index (χ4v) is 3.31. The zero-order valence-corrected chi connectivity index (χ0v) is 14.8. The van der Waals surface area contributed by atoms with Gasteiger partial charge in [-0.2, -0.15) is 0 Å². The first kappa shape index (κ1) is 18.2. The molecule has 130 valence electrons. The quantitative estimate of drug-likeness (QED) is 0.518. The Bertz CT molecular complexity index is 476. The third-order valence-electron chi connectivity index (χ3n) is 3.88. The van der Waals surface area contributed by atoms with Crippen LogP contribution in [0.25, 0.3) is 0 Å². The van der Waals surface area contributed by atoms with E-state index in [0.717, 1.165) is 32.3 Å². The first-order valence-electron chi connectivity index (χ1n) is 8.49. The van der Waals surface area contributed by atoms with Gasteiger partial charge in [0.2, 0.25) is 11.1 Å². The Morgan fingerprint density at radius 1 is 1.52 bits per heavy atom. The molecular formula is C15H27N5O2S. The van der Waals surface area contributed by atoms with E-state index in [1.54, 1.807) is 4.68 Å². The van der Waals surface area contributed by atoms with Gasteiger partial charge in [0.05, 0.1) is 18.4 Å². The van der Waals surface area contributed by atoms with E-state index in [2.05, 4.69) is 34.7 Å². The second-order valence-electron chi connectivity index (χ2n) is 6.03. The van der Waals surface area contributed by atoms with Gasteiger partial charge in [-0.3, -0.25) is 4.79 Å². The number of amides is 1. The Labute approximate surface area is 141 Å². The minimum atomic E-state index is 0.0330. The van der Waals surface area contributed by atoms with Crippen LogP contribution in [0.1, 0.15) is 52.4 Å². The standard InChI is InChI=1S/C15H27N5O2S/c1-3-4-5-7-12(2)16-14(21)11-23-15-17-18-19-20(15)10-13-8-6-9-22-13/h12-13H,3-11H2,1-2H3,(H,16,21). The first-order valence-corrected chi connectivity index (χ1v) is 9.47. The predicted molar refractivity (Wildman–Crippen MR) is 89.3 cm³/mol. The Morgan fingerprint density at radius 3 is 3.13 bits per heavy atom. The molecule has 0 aliphatic carbocycles. The molecule has 1 aliphatic rings. The molecule has 0 bridgehead atoms. The van der Waals surface area contributed by atoms with Gasteiger partial charge in [0.15, 0.2) is 0 Å². The van der Waals surface area contributed by atoms with Crippen molar-refractivity contribution in [1.29, 1.82) is 0 Å². The van der Waals surface area contributed by atoms with Crippen LogP contribution < -0.4 is 5.32 Å². The first-order chi connectivity index (χ1) is 11.2. The number of nitrogens with one attached hydrogen (secondary N) is 1. The maximum absolute atomic E-state index is 12.0. The van der Waals surface area contributed by atoms with E-state index in [9.17, 15) is 4.79 Å². The van der Waals surface area contributed by atoms with Gasteiger partial charge in [-0.1, -0.05) is 37.9 Å². The summed E-state index contributed by atoms with van der Waals surface area (Å²) < 4.78 is 7.34. The molecule has 7 nitrogen and oxygen atoms in total. The molecule has 2 atom stereocenters. The summed E-state index contributed by atoms with van der Waals surface area (Å²) in [5.41, 5.74) is 0. The summed E-state index contributed by atoms with van der Waals surface area (Å²) >= 11 is 1.37. The maximum Gasteiger partial charge on any atom is 0.230 e. The summed E-state index contributed by atoms with van der Waals surface area (Å²) in [6.07, 6.45) is 6.92. The number of nitrogens with zero attached hydrogens (tertiary/aromatic N) is 4. The van der Waals surface area contributed by atoms with Crippen molar-refractivity contribution in [2.75, 3.05) is 12.4 Å². The molecular weight excluding hydrogens is 314 g/mol. The highest BCUT2D eigenvalue weighted by Crippen LogP contribution is 2.18. The third-order valence-corrected chi connectivity index (χ3v) is 4.84. The zero-order valence-electron chi connectivity index (χ0n) is 14.0. The van der Waals surface area contributed by atoms with Gasteiger partial charge < -0.3 is 10.1 Å². The third kappa shape index (κ3) is 6.47. The minimum absolute atomic E-state index is 0.0330. The number of carbonyl (C=O) groups excluding carboxylic acids is 1. The lowest BCUT2D eigenvalue weighted by atomic mass is 10.1. The lowest BCUT2D eigenvalue weighted by Gasteiger charge is -2.13. The predicted octanol–water partition coefficient (Wildman–Crippen LogP) is 2.03. The molecule has 1 amide bonds. The molecule has 1 aromatic rings. The van der Waals surface area contributed by atoms with E-state index in [1.807, 2.05) is 0 Å². The van der Waals surface area contributed by atoms with Crippen LogP contribution in [0, 0.1) is 0 Å². The number of tetrazole rings is 1. The maximum atomic E-state index is 12.0. The van der Waals surface area contributed by atoms with Crippen molar-refractivity contribution in [1.82, 2.24) is 25.5 Å². The van der Waals surface area contributed by atoms with E-state index < -0.39 is 0 Å². The Morgan fingerprint density at radius 2 is 2.39 bits per heavy atom. The molecule has 23 heavy (non-hydrogen) atoms. The molecule has 8 heteroatoms. The summed E-state index contributed by atoms with van der Waals surface area (Å²) in [6.45, 7) is 5.71. The van der Waals surface area contributed by atoms with Crippen LogP contribution in [0.5, 0.6) is 0 Å². The van der Waals surface area contributed by atoms with Crippen molar-refractivity contribution in [3.8, 4) is 0 Å². The number of ether oxygens (including phenoxy) is 1. The van der Waals surface area contributed by atoms with Crippen molar-refractivity contribution in [3.05, 3.63) is 0 Å². The molecule has 0 saturated carbocycles. The van der Waals surface area contributed by atoms with E-state index in [4.69, 9.17) is 4.74 Å². The van der Waals surface area contributed by atoms with Crippen LogP contribution in [-0.2, 0) is 16.1 Å². The topological polar surface area (TPSA) is 81.9 Å². The number of aromatic nitrogens is 4. The number of hydrogen-bond donors (Lipinski definition) is 1. The second-order valence-corrected chi connectivity index (χ2v) is 6.97. The van der Waals surface area contributed by atoms with Crippen molar-refractivity contribution >= 4 is 17.7 Å². The van der Waals surface area contributed by atoms with Crippen LogP contribution >= 0.6 is 11.8 Å². The summed E-state index contributed by atoms with van der Waals surface area (Å²) in [5, 5.41) is 15.4. The van der Waals surface area contributed by atoms with Gasteiger partial charge in [-0.05, 0) is 36.6 Å². The van der Waals surface area contributed by atoms with Crippen LogP contribution in [0.15, 0.2) is 5.16 Å². The molecule has 0 aromatic carbocycles. The van der Waals surface area contributed by atoms with Crippen molar-refractivity contribution in [2.45, 2.75) is 76.2 Å². The van der Waals surface area contributed by atoms with Crippen LogP contribution in [-0.4, -0.2) is 50.6 Å². The Balaban J connectivity index is 1.70. The molecule has 1 fully saturated rings. The van der Waals surface area contributed by atoms with Gasteiger partial charge in [-0.15, -0.1) is 5.10 Å². The number of hydrogen-bond acceptors (Lipinski definition) is 6. The van der Waals surface area contributed by atoms with E-state index in [-0.39, 0.29) is 18.1 Å². The molecule has 0 radical (unpaired) electrons. The average molecular weight is 341 g/mol. The zero-order chi connectivity index (χ0) is 16.5. The molecule has 0 spiro atoms. The fourth-order valence-electron chi connectivity index (χ4n) is 2.61. The van der Waals surface area contributed by atoms with E-state index in [0.29, 0.717) is 17.5 Å².